The van der Waals surface area contributed by atoms with Crippen molar-refractivity contribution in [2.45, 2.75) is 79.8 Å². The molecule has 2 amide bonds. The quantitative estimate of drug-likeness (QED) is 0.219. The Morgan fingerprint density at radius 3 is 2.03 bits per heavy atom. The highest BCUT2D eigenvalue weighted by Gasteiger charge is 2.33. The summed E-state index contributed by atoms with van der Waals surface area (Å²) < 4.78 is 4.93. The molecule has 0 unspecified atom stereocenters. The zero-order chi connectivity index (χ0) is 24.8. The third-order valence-electron chi connectivity index (χ3n) is 4.25. The predicted octanol–water partition coefficient (Wildman–Crippen LogP) is 6.00. The van der Waals surface area contributed by atoms with Crippen LogP contribution in [0.4, 0.5) is 9.59 Å². The van der Waals surface area contributed by atoms with Gasteiger partial charge in [-0.15, -0.1) is 6.58 Å². The van der Waals surface area contributed by atoms with E-state index in [4.69, 9.17) is 15.7 Å². The highest BCUT2D eigenvalue weighted by molar-refractivity contribution is 5.68. The molecule has 0 radical (unpaired) electrons. The third kappa shape index (κ3) is 11.4. The van der Waals surface area contributed by atoms with Crippen molar-refractivity contribution in [2.75, 3.05) is 6.61 Å². The Hall–Kier alpha value is -2.54. The Bertz CT molecular complexity index is 685. The number of hydrogen-bond acceptors (Lipinski definition) is 4. The molecule has 0 fully saturated rings. The number of amides is 2. The zero-order valence-corrected chi connectivity index (χ0v) is 20.8. The van der Waals surface area contributed by atoms with Gasteiger partial charge in [-0.3, -0.25) is 0 Å². The van der Waals surface area contributed by atoms with Crippen LogP contribution >= 0.6 is 0 Å². The fraction of sp³-hybridized carbons (Fsp3) is 0.583. The number of nitrogens with one attached hydrogen (secondary N) is 1. The Balaban J connectivity index is 0. The molecule has 0 bridgehead atoms. The maximum absolute atomic E-state index is 11.9. The molecule has 0 saturated carbocycles. The van der Waals surface area contributed by atoms with E-state index in [9.17, 15) is 9.59 Å². The Morgan fingerprint density at radius 1 is 1.19 bits per heavy atom. The first-order chi connectivity index (χ1) is 14.2. The normalized spacial score (nSPS) is 10.7. The molecule has 1 rings (SSSR count). The molecule has 7 heteroatoms. The smallest absolute Gasteiger partial charge is 0.424 e. The third-order valence-corrected chi connectivity index (χ3v) is 4.25. The molecule has 7 nitrogen and oxygen atoms in total. The first kappa shape index (κ1) is 30.7. The van der Waals surface area contributed by atoms with Crippen LogP contribution in [0.5, 0.6) is 0 Å². The minimum absolute atomic E-state index is 0.234. The number of carbonyl (C=O) groups excluding carboxylic acids is 1. The van der Waals surface area contributed by atoms with Gasteiger partial charge in [0.2, 0.25) is 0 Å². The Morgan fingerprint density at radius 2 is 1.65 bits per heavy atom. The number of hydrazine groups is 1. The standard InChI is InChI=1S/C16H25N3O4.C5H10.C3H8/c1-6-23-14(22)19(17)16(4,5)12-9-7-8-11(10-12)15(2,3)18-13(20)21;1-4-5(2)3;1-3-2/h7-10,18H,6,17H2,1-5H3,(H,20,21);4-5H,1H2,2-3H3;3H2,1-2H3. The van der Waals surface area contributed by atoms with Crippen LogP contribution in [-0.2, 0) is 15.8 Å². The summed E-state index contributed by atoms with van der Waals surface area (Å²) in [5.74, 6) is 6.55. The van der Waals surface area contributed by atoms with Crippen molar-refractivity contribution in [1.82, 2.24) is 10.3 Å². The second-order valence-electron chi connectivity index (χ2n) is 8.45. The molecule has 0 aromatic heterocycles. The Labute approximate surface area is 188 Å². The summed E-state index contributed by atoms with van der Waals surface area (Å²) in [7, 11) is 0. The van der Waals surface area contributed by atoms with Crippen molar-refractivity contribution in [1.29, 1.82) is 0 Å². The lowest BCUT2D eigenvalue weighted by Crippen LogP contribution is -2.50. The van der Waals surface area contributed by atoms with Crippen molar-refractivity contribution in [3.05, 3.63) is 48.0 Å². The molecule has 0 aliphatic carbocycles. The SMILES string of the molecule is C=CC(C)C.CCC.CCOC(=O)N(N)C(C)(C)c1cccc(C(C)(C)NC(=O)O)c1. The van der Waals surface area contributed by atoms with Crippen molar-refractivity contribution in [3.8, 4) is 0 Å². The fourth-order valence-corrected chi connectivity index (χ4v) is 2.19. The van der Waals surface area contributed by atoms with E-state index in [1.165, 1.54) is 6.42 Å². The minimum atomic E-state index is -1.10. The lowest BCUT2D eigenvalue weighted by atomic mass is 9.87. The number of rotatable bonds is 6. The molecule has 1 aromatic carbocycles. The van der Waals surface area contributed by atoms with Crippen LogP contribution in [0.15, 0.2) is 36.9 Å². The van der Waals surface area contributed by atoms with E-state index in [0.29, 0.717) is 5.92 Å². The van der Waals surface area contributed by atoms with Crippen LogP contribution in [0.2, 0.25) is 0 Å². The van der Waals surface area contributed by atoms with Gasteiger partial charge < -0.3 is 15.2 Å². The molecule has 178 valence electrons. The number of benzene rings is 1. The second-order valence-corrected chi connectivity index (χ2v) is 8.45. The molecular formula is C24H43N3O4. The summed E-state index contributed by atoms with van der Waals surface area (Å²) in [6.07, 6.45) is 1.44. The highest BCUT2D eigenvalue weighted by atomic mass is 16.6. The zero-order valence-electron chi connectivity index (χ0n) is 20.8. The van der Waals surface area contributed by atoms with Gasteiger partial charge >= 0.3 is 12.2 Å². The number of ether oxygens (including phenoxy) is 1. The molecule has 0 aliphatic rings. The van der Waals surface area contributed by atoms with E-state index >= 15 is 0 Å². The molecule has 0 saturated heterocycles. The molecule has 0 atom stereocenters. The van der Waals surface area contributed by atoms with Gasteiger partial charge in [-0.25, -0.2) is 20.4 Å². The van der Waals surface area contributed by atoms with E-state index in [2.05, 4.69) is 39.6 Å². The Kier molecular flexibility index (Phi) is 14.3. The van der Waals surface area contributed by atoms with E-state index in [-0.39, 0.29) is 6.61 Å². The summed E-state index contributed by atoms with van der Waals surface area (Å²) in [4.78, 5) is 22.8. The highest BCUT2D eigenvalue weighted by Crippen LogP contribution is 2.29. The maximum atomic E-state index is 11.9. The molecular weight excluding hydrogens is 394 g/mol. The van der Waals surface area contributed by atoms with Crippen molar-refractivity contribution in [3.63, 3.8) is 0 Å². The minimum Gasteiger partial charge on any atom is -0.465 e. The summed E-state index contributed by atoms with van der Waals surface area (Å²) >= 11 is 0. The summed E-state index contributed by atoms with van der Waals surface area (Å²) in [6, 6.07) is 7.28. The van der Waals surface area contributed by atoms with Gasteiger partial charge in [-0.2, -0.15) is 0 Å². The van der Waals surface area contributed by atoms with Gasteiger partial charge in [0, 0.05) is 0 Å². The first-order valence-corrected chi connectivity index (χ1v) is 10.7. The summed E-state index contributed by atoms with van der Waals surface area (Å²) in [6.45, 7) is 21.1. The molecule has 1 aromatic rings. The van der Waals surface area contributed by atoms with Crippen LogP contribution < -0.4 is 11.2 Å². The number of carbonyl (C=O) groups is 2. The largest absolute Gasteiger partial charge is 0.465 e. The number of nitrogens with two attached hydrogens (primary N) is 1. The molecule has 0 aliphatic heterocycles. The lowest BCUT2D eigenvalue weighted by molar-refractivity contribution is 0.0638. The monoisotopic (exact) mass is 437 g/mol. The van der Waals surface area contributed by atoms with Gasteiger partial charge in [0.25, 0.3) is 0 Å². The maximum Gasteiger partial charge on any atom is 0.424 e. The van der Waals surface area contributed by atoms with E-state index in [1.54, 1.807) is 40.7 Å². The van der Waals surface area contributed by atoms with Gasteiger partial charge in [0.05, 0.1) is 17.7 Å². The molecule has 0 heterocycles. The van der Waals surface area contributed by atoms with E-state index in [1.807, 2.05) is 24.3 Å². The molecule has 4 N–H and O–H groups in total. The predicted molar refractivity (Wildman–Crippen MR) is 128 cm³/mol. The molecule has 0 spiro atoms. The average Bonchev–Trinajstić information content (AvgIpc) is 2.67. The second kappa shape index (κ2) is 14.5. The van der Waals surface area contributed by atoms with Gasteiger partial charge in [0.15, 0.2) is 0 Å². The number of hydrogen-bond donors (Lipinski definition) is 3. The van der Waals surface area contributed by atoms with Crippen molar-refractivity contribution >= 4 is 12.2 Å². The first-order valence-electron chi connectivity index (χ1n) is 10.7. The lowest BCUT2D eigenvalue weighted by Gasteiger charge is -2.35. The van der Waals surface area contributed by atoms with Crippen LogP contribution in [0.25, 0.3) is 0 Å². The number of carboxylic acid groups (broad SMARTS) is 1. The fourth-order valence-electron chi connectivity index (χ4n) is 2.19. The van der Waals surface area contributed by atoms with E-state index in [0.717, 1.165) is 16.1 Å². The van der Waals surface area contributed by atoms with E-state index < -0.39 is 23.3 Å². The van der Waals surface area contributed by atoms with Crippen LogP contribution in [0.1, 0.15) is 79.9 Å². The topological polar surface area (TPSA) is 105 Å². The van der Waals surface area contributed by atoms with Crippen LogP contribution in [0.3, 0.4) is 0 Å². The van der Waals surface area contributed by atoms with Crippen molar-refractivity contribution in [2.24, 2.45) is 11.8 Å². The van der Waals surface area contributed by atoms with Gasteiger partial charge in [-0.05, 0) is 51.7 Å². The number of allylic oxidation sites excluding steroid dienone is 1. The molecule has 31 heavy (non-hydrogen) atoms. The van der Waals surface area contributed by atoms with Crippen LogP contribution in [0, 0.1) is 5.92 Å². The summed E-state index contributed by atoms with van der Waals surface area (Å²) in [5.41, 5.74) is -0.0587. The van der Waals surface area contributed by atoms with Crippen LogP contribution in [-0.4, -0.2) is 28.9 Å². The average molecular weight is 438 g/mol. The van der Waals surface area contributed by atoms with Gasteiger partial charge in [-0.1, -0.05) is 64.5 Å². The van der Waals surface area contributed by atoms with Crippen molar-refractivity contribution < 1.29 is 19.4 Å². The van der Waals surface area contributed by atoms with Gasteiger partial charge in [0.1, 0.15) is 0 Å². The number of nitrogens with zero attached hydrogens (tertiary/aromatic N) is 1. The summed E-state index contributed by atoms with van der Waals surface area (Å²) in [5, 5.41) is 12.5.